The third kappa shape index (κ3) is 3.77. The minimum atomic E-state index is -4.24. The lowest BCUT2D eigenvalue weighted by molar-refractivity contribution is -0.0328. The number of aromatic nitrogens is 2. The van der Waals surface area contributed by atoms with Crippen molar-refractivity contribution in [3.05, 3.63) is 24.0 Å². The normalized spacial score (nSPS) is 13.6. The summed E-state index contributed by atoms with van der Waals surface area (Å²) in [6, 6.07) is 5.33. The van der Waals surface area contributed by atoms with Gasteiger partial charge in [-0.15, -0.1) is 11.6 Å². The molecule has 0 saturated carbocycles. The fourth-order valence-electron chi connectivity index (χ4n) is 2.10. The molecule has 0 saturated heterocycles. The van der Waals surface area contributed by atoms with Crippen LogP contribution in [0.25, 0.3) is 11.0 Å². The van der Waals surface area contributed by atoms with Crippen molar-refractivity contribution in [3.63, 3.8) is 0 Å². The second-order valence-electron chi connectivity index (χ2n) is 4.36. The van der Waals surface area contributed by atoms with E-state index in [1.807, 2.05) is 0 Å². The Morgan fingerprint density at radius 3 is 2.71 bits per heavy atom. The van der Waals surface area contributed by atoms with E-state index in [0.717, 1.165) is 5.52 Å². The lowest BCUT2D eigenvalue weighted by atomic mass is 10.3. The molecule has 8 heteroatoms. The zero-order valence-electron chi connectivity index (χ0n) is 11.4. The molecule has 0 aliphatic rings. The molecule has 3 nitrogen and oxygen atoms in total. The number of para-hydroxylation sites is 1. The fourth-order valence-corrected chi connectivity index (χ4v) is 2.77. The number of hydrogen-bond acceptors (Lipinski definition) is 3. The maximum absolute atomic E-state index is 12.3. The monoisotopic (exact) mass is 338 g/mol. The molecule has 2 aromatic rings. The highest BCUT2D eigenvalue weighted by Gasteiger charge is 2.28. The first-order valence-corrected chi connectivity index (χ1v) is 7.63. The third-order valence-electron chi connectivity index (χ3n) is 2.93. The van der Waals surface area contributed by atoms with E-state index in [2.05, 4.69) is 4.98 Å². The summed E-state index contributed by atoms with van der Waals surface area (Å²) in [7, 11) is 1.52. The Hall–Kier alpha value is -1.08. The summed E-state index contributed by atoms with van der Waals surface area (Å²) in [5.74, 6) is 1.02. The van der Waals surface area contributed by atoms with Gasteiger partial charge in [0, 0.05) is 12.3 Å². The maximum atomic E-state index is 12.3. The van der Waals surface area contributed by atoms with E-state index in [4.69, 9.17) is 16.3 Å². The summed E-state index contributed by atoms with van der Waals surface area (Å²) in [6.07, 6.45) is 0. The van der Waals surface area contributed by atoms with Crippen LogP contribution in [0.4, 0.5) is 13.2 Å². The summed E-state index contributed by atoms with van der Waals surface area (Å²) in [6.45, 7) is 1.92. The van der Waals surface area contributed by atoms with Crippen LogP contribution in [-0.2, 0) is 6.54 Å². The molecule has 0 fully saturated rings. The molecule has 1 unspecified atom stereocenters. The predicted molar refractivity (Wildman–Crippen MR) is 79.1 cm³/mol. The number of benzene rings is 1. The minimum Gasteiger partial charge on any atom is -0.494 e. The third-order valence-corrected chi connectivity index (χ3v) is 3.84. The van der Waals surface area contributed by atoms with Crippen LogP contribution < -0.4 is 4.74 Å². The molecule has 21 heavy (non-hydrogen) atoms. The highest BCUT2D eigenvalue weighted by atomic mass is 35.5. The van der Waals surface area contributed by atoms with E-state index in [0.29, 0.717) is 17.1 Å². The van der Waals surface area contributed by atoms with Crippen LogP contribution in [0.1, 0.15) is 18.1 Å². The van der Waals surface area contributed by atoms with E-state index in [1.54, 1.807) is 29.7 Å². The lowest BCUT2D eigenvalue weighted by Crippen LogP contribution is -2.10. The van der Waals surface area contributed by atoms with Gasteiger partial charge in [-0.1, -0.05) is 6.07 Å². The fraction of sp³-hybridized carbons (Fsp3) is 0.462. The zero-order chi connectivity index (χ0) is 15.6. The first-order valence-electron chi connectivity index (χ1n) is 6.21. The van der Waals surface area contributed by atoms with Crippen LogP contribution in [0, 0.1) is 0 Å². The van der Waals surface area contributed by atoms with Gasteiger partial charge >= 0.3 is 5.51 Å². The molecule has 0 amide bonds. The van der Waals surface area contributed by atoms with Crippen molar-refractivity contribution in [2.45, 2.75) is 24.4 Å². The van der Waals surface area contributed by atoms with Crippen LogP contribution >= 0.6 is 23.4 Å². The number of alkyl halides is 4. The van der Waals surface area contributed by atoms with Gasteiger partial charge < -0.3 is 9.30 Å². The average Bonchev–Trinajstić information content (AvgIpc) is 2.76. The van der Waals surface area contributed by atoms with E-state index >= 15 is 0 Å². The Morgan fingerprint density at radius 2 is 2.14 bits per heavy atom. The summed E-state index contributed by atoms with van der Waals surface area (Å²) < 4.78 is 43.8. The van der Waals surface area contributed by atoms with Gasteiger partial charge in [-0.3, -0.25) is 0 Å². The lowest BCUT2D eigenvalue weighted by Gasteiger charge is -2.11. The Bertz CT molecular complexity index is 628. The topological polar surface area (TPSA) is 27.1 Å². The molecule has 1 aromatic heterocycles. The first kappa shape index (κ1) is 16.3. The highest BCUT2D eigenvalue weighted by Crippen LogP contribution is 2.33. The predicted octanol–water partition coefficient (Wildman–Crippen LogP) is 4.60. The summed E-state index contributed by atoms with van der Waals surface area (Å²) in [5, 5.41) is -0.405. The van der Waals surface area contributed by atoms with Gasteiger partial charge in [-0.25, -0.2) is 4.98 Å². The van der Waals surface area contributed by atoms with Crippen LogP contribution in [0.15, 0.2) is 18.2 Å². The standard InChI is InChI=1S/C13H14ClF3N2OS/c1-8(14)12-18-11-9(4-3-5-10(11)20-2)19(12)6-7-21-13(15,16)17/h3-5,8H,6-7H2,1-2H3. The SMILES string of the molecule is COc1cccc2c1nc(C(C)Cl)n2CCSC(F)(F)F. The molecule has 116 valence electrons. The molecule has 1 aromatic carbocycles. The number of nitrogens with zero attached hydrogens (tertiary/aromatic N) is 2. The second kappa shape index (κ2) is 6.36. The van der Waals surface area contributed by atoms with E-state index in [1.165, 1.54) is 7.11 Å². The smallest absolute Gasteiger partial charge is 0.441 e. The number of thioether (sulfide) groups is 1. The van der Waals surface area contributed by atoms with Crippen LogP contribution in [0.3, 0.4) is 0 Å². The van der Waals surface area contributed by atoms with Crippen molar-refractivity contribution >= 4 is 34.4 Å². The van der Waals surface area contributed by atoms with E-state index in [9.17, 15) is 13.2 Å². The van der Waals surface area contributed by atoms with Crippen molar-refractivity contribution in [1.29, 1.82) is 0 Å². The maximum Gasteiger partial charge on any atom is 0.441 e. The van der Waals surface area contributed by atoms with Crippen molar-refractivity contribution < 1.29 is 17.9 Å². The number of ether oxygens (including phenoxy) is 1. The number of aryl methyl sites for hydroxylation is 1. The average molecular weight is 339 g/mol. The summed E-state index contributed by atoms with van der Waals surface area (Å²) >= 11 is 6.04. The zero-order valence-corrected chi connectivity index (χ0v) is 13.0. The molecule has 1 atom stereocenters. The van der Waals surface area contributed by atoms with Crippen LogP contribution in [0.2, 0.25) is 0 Å². The molecule has 0 aliphatic carbocycles. The molecule has 2 rings (SSSR count). The summed E-state index contributed by atoms with van der Waals surface area (Å²) in [4.78, 5) is 4.41. The first-order chi connectivity index (χ1) is 9.83. The molecule has 0 N–H and O–H groups in total. The van der Waals surface area contributed by atoms with Gasteiger partial charge in [0.1, 0.15) is 17.1 Å². The molecule has 1 heterocycles. The van der Waals surface area contributed by atoms with Gasteiger partial charge in [0.15, 0.2) is 0 Å². The van der Waals surface area contributed by atoms with Crippen molar-refractivity contribution in [3.8, 4) is 5.75 Å². The van der Waals surface area contributed by atoms with Gasteiger partial charge in [0.2, 0.25) is 0 Å². The molecule has 0 aliphatic heterocycles. The number of rotatable bonds is 5. The molecule has 0 spiro atoms. The number of imidazole rings is 1. The molecular weight excluding hydrogens is 325 g/mol. The van der Waals surface area contributed by atoms with Gasteiger partial charge in [-0.2, -0.15) is 13.2 Å². The summed E-state index contributed by atoms with van der Waals surface area (Å²) in [5.41, 5.74) is -2.90. The van der Waals surface area contributed by atoms with Crippen molar-refractivity contribution in [2.75, 3.05) is 12.9 Å². The Kier molecular flexibility index (Phi) is 4.93. The van der Waals surface area contributed by atoms with E-state index in [-0.39, 0.29) is 24.1 Å². The molecule has 0 radical (unpaired) electrons. The van der Waals surface area contributed by atoms with Crippen LogP contribution in [0.5, 0.6) is 5.75 Å². The largest absolute Gasteiger partial charge is 0.494 e. The Balaban J connectivity index is 2.38. The molecule has 0 bridgehead atoms. The number of methoxy groups -OCH3 is 1. The number of hydrogen-bond donors (Lipinski definition) is 0. The number of fused-ring (bicyclic) bond motifs is 1. The molecular formula is C13H14ClF3N2OS. The Morgan fingerprint density at radius 1 is 1.43 bits per heavy atom. The van der Waals surface area contributed by atoms with Crippen LogP contribution in [-0.4, -0.2) is 27.9 Å². The second-order valence-corrected chi connectivity index (χ2v) is 6.17. The number of halogens is 4. The minimum absolute atomic E-state index is 0.0522. The highest BCUT2D eigenvalue weighted by molar-refractivity contribution is 8.00. The van der Waals surface area contributed by atoms with Gasteiger partial charge in [0.05, 0.1) is 18.0 Å². The van der Waals surface area contributed by atoms with Gasteiger partial charge in [-0.05, 0) is 30.8 Å². The van der Waals surface area contributed by atoms with Gasteiger partial charge in [0.25, 0.3) is 0 Å². The van der Waals surface area contributed by atoms with E-state index < -0.39 is 10.9 Å². The van der Waals surface area contributed by atoms with Crippen molar-refractivity contribution in [1.82, 2.24) is 9.55 Å². The quantitative estimate of drug-likeness (QED) is 0.746. The Labute approximate surface area is 129 Å². The van der Waals surface area contributed by atoms with Crippen molar-refractivity contribution in [2.24, 2.45) is 0 Å².